The minimum atomic E-state index is -1.24. The van der Waals surface area contributed by atoms with Crippen molar-refractivity contribution in [3.8, 4) is 0 Å². The van der Waals surface area contributed by atoms with Crippen molar-refractivity contribution in [1.29, 1.82) is 0 Å². The predicted octanol–water partition coefficient (Wildman–Crippen LogP) is 3.33. The number of hydrogen-bond donors (Lipinski definition) is 4. The highest BCUT2D eigenvalue weighted by atomic mass is 79.9. The SMILES string of the molecule is Br.Br.Cc1cccc(NC(=O)O)c1NC(=O)O. The van der Waals surface area contributed by atoms with Crippen LogP contribution in [0.3, 0.4) is 0 Å². The lowest BCUT2D eigenvalue weighted by Gasteiger charge is -2.11. The van der Waals surface area contributed by atoms with E-state index in [2.05, 4.69) is 10.6 Å². The van der Waals surface area contributed by atoms with Crippen LogP contribution < -0.4 is 10.6 Å². The number of halogens is 2. The maximum absolute atomic E-state index is 10.5. The first-order valence-corrected chi connectivity index (χ1v) is 4.10. The third kappa shape index (κ3) is 5.55. The Balaban J connectivity index is 0. The smallest absolute Gasteiger partial charge is 0.409 e. The Morgan fingerprint density at radius 2 is 1.59 bits per heavy atom. The standard InChI is InChI=1S/C9H10N2O4.2BrH/c1-5-3-2-4-6(10-8(12)13)7(5)11-9(14)15;;/h2-4,10-11H,1H3,(H,12,13)(H,14,15);2*1H. The van der Waals surface area contributed by atoms with E-state index in [9.17, 15) is 9.59 Å². The molecule has 0 bridgehead atoms. The van der Waals surface area contributed by atoms with Crippen molar-refractivity contribution < 1.29 is 19.8 Å². The highest BCUT2D eigenvalue weighted by Gasteiger charge is 2.09. The number of para-hydroxylation sites is 1. The number of carboxylic acid groups (broad SMARTS) is 2. The van der Waals surface area contributed by atoms with Crippen LogP contribution >= 0.6 is 34.0 Å². The van der Waals surface area contributed by atoms with Gasteiger partial charge in [0.2, 0.25) is 0 Å². The number of nitrogens with one attached hydrogen (secondary N) is 2. The summed E-state index contributed by atoms with van der Waals surface area (Å²) in [4.78, 5) is 20.9. The molecule has 0 saturated heterocycles. The van der Waals surface area contributed by atoms with Gasteiger partial charge in [0.15, 0.2) is 0 Å². The van der Waals surface area contributed by atoms with E-state index >= 15 is 0 Å². The Labute approximate surface area is 119 Å². The van der Waals surface area contributed by atoms with Crippen LogP contribution in [0.4, 0.5) is 21.0 Å². The lowest BCUT2D eigenvalue weighted by molar-refractivity contribution is 0.208. The zero-order chi connectivity index (χ0) is 11.4. The van der Waals surface area contributed by atoms with Crippen LogP contribution in [-0.4, -0.2) is 22.4 Å². The fourth-order valence-electron chi connectivity index (χ4n) is 1.16. The second-order valence-electron chi connectivity index (χ2n) is 2.86. The van der Waals surface area contributed by atoms with E-state index in [0.717, 1.165) is 0 Å². The highest BCUT2D eigenvalue weighted by molar-refractivity contribution is 8.93. The predicted molar refractivity (Wildman–Crippen MR) is 75.1 cm³/mol. The Bertz CT molecular complexity index is 412. The molecule has 6 nitrogen and oxygen atoms in total. The van der Waals surface area contributed by atoms with Gasteiger partial charge in [-0.25, -0.2) is 9.59 Å². The van der Waals surface area contributed by atoms with Crippen LogP contribution in [0.5, 0.6) is 0 Å². The molecule has 1 aromatic rings. The Kier molecular flexibility index (Phi) is 8.42. The molecule has 96 valence electrons. The van der Waals surface area contributed by atoms with Gasteiger partial charge in [-0.15, -0.1) is 34.0 Å². The lowest BCUT2D eigenvalue weighted by Crippen LogP contribution is -2.14. The molecule has 0 radical (unpaired) electrons. The van der Waals surface area contributed by atoms with E-state index in [1.807, 2.05) is 0 Å². The summed E-state index contributed by atoms with van der Waals surface area (Å²) in [6, 6.07) is 4.79. The second-order valence-corrected chi connectivity index (χ2v) is 2.86. The van der Waals surface area contributed by atoms with E-state index in [1.54, 1.807) is 19.1 Å². The average Bonchev–Trinajstić information content (AvgIpc) is 2.09. The molecule has 0 heterocycles. The first kappa shape index (κ1) is 18.1. The summed E-state index contributed by atoms with van der Waals surface area (Å²) in [6.45, 7) is 1.68. The molecule has 0 aromatic heterocycles. The molecular formula is C9H12Br2N2O4. The van der Waals surface area contributed by atoms with E-state index in [0.29, 0.717) is 5.56 Å². The maximum Gasteiger partial charge on any atom is 0.409 e. The normalized spacial score (nSPS) is 8.29. The molecule has 4 N–H and O–H groups in total. The Morgan fingerprint density at radius 1 is 1.06 bits per heavy atom. The fourth-order valence-corrected chi connectivity index (χ4v) is 1.16. The van der Waals surface area contributed by atoms with Gasteiger partial charge in [0.25, 0.3) is 0 Å². The average molecular weight is 372 g/mol. The van der Waals surface area contributed by atoms with E-state index in [1.165, 1.54) is 6.07 Å². The van der Waals surface area contributed by atoms with Crippen molar-refractivity contribution in [2.24, 2.45) is 0 Å². The van der Waals surface area contributed by atoms with Gasteiger partial charge in [0, 0.05) is 0 Å². The number of amides is 2. The first-order valence-electron chi connectivity index (χ1n) is 4.10. The zero-order valence-corrected chi connectivity index (χ0v) is 12.2. The molecule has 8 heteroatoms. The van der Waals surface area contributed by atoms with Crippen LogP contribution in [0.2, 0.25) is 0 Å². The largest absolute Gasteiger partial charge is 0.465 e. The van der Waals surface area contributed by atoms with Gasteiger partial charge in [0.1, 0.15) is 0 Å². The van der Waals surface area contributed by atoms with Gasteiger partial charge in [-0.1, -0.05) is 12.1 Å². The maximum atomic E-state index is 10.5. The molecule has 0 atom stereocenters. The van der Waals surface area contributed by atoms with Gasteiger partial charge in [0.05, 0.1) is 11.4 Å². The summed E-state index contributed by atoms with van der Waals surface area (Å²) < 4.78 is 0. The van der Waals surface area contributed by atoms with Crippen LogP contribution in [0.25, 0.3) is 0 Å². The van der Waals surface area contributed by atoms with Crippen LogP contribution in [-0.2, 0) is 0 Å². The molecule has 0 saturated carbocycles. The van der Waals surface area contributed by atoms with Gasteiger partial charge < -0.3 is 10.2 Å². The molecule has 2 amide bonds. The number of rotatable bonds is 2. The quantitative estimate of drug-likeness (QED) is 0.640. The van der Waals surface area contributed by atoms with Crippen molar-refractivity contribution in [2.75, 3.05) is 10.6 Å². The molecule has 0 aliphatic rings. The van der Waals surface area contributed by atoms with Crippen molar-refractivity contribution in [3.05, 3.63) is 23.8 Å². The minimum absolute atomic E-state index is 0. The molecular weight excluding hydrogens is 360 g/mol. The zero-order valence-electron chi connectivity index (χ0n) is 8.76. The molecule has 1 rings (SSSR count). The summed E-state index contributed by atoms with van der Waals surface area (Å²) in [7, 11) is 0. The first-order chi connectivity index (χ1) is 7.00. The van der Waals surface area contributed by atoms with Gasteiger partial charge in [-0.05, 0) is 18.6 Å². The third-order valence-corrected chi connectivity index (χ3v) is 1.75. The molecule has 0 spiro atoms. The highest BCUT2D eigenvalue weighted by Crippen LogP contribution is 2.25. The summed E-state index contributed by atoms with van der Waals surface area (Å²) in [5.41, 5.74) is 1.10. The minimum Gasteiger partial charge on any atom is -0.465 e. The van der Waals surface area contributed by atoms with Crippen molar-refractivity contribution >= 4 is 57.5 Å². The molecule has 0 aliphatic carbocycles. The Hall–Kier alpha value is -1.28. The summed E-state index contributed by atoms with van der Waals surface area (Å²) >= 11 is 0. The molecule has 0 unspecified atom stereocenters. The van der Waals surface area contributed by atoms with E-state index in [4.69, 9.17) is 10.2 Å². The third-order valence-electron chi connectivity index (χ3n) is 1.75. The lowest BCUT2D eigenvalue weighted by atomic mass is 10.1. The number of aryl methyl sites for hydroxylation is 1. The number of anilines is 2. The van der Waals surface area contributed by atoms with Crippen molar-refractivity contribution in [2.45, 2.75) is 6.92 Å². The molecule has 17 heavy (non-hydrogen) atoms. The van der Waals surface area contributed by atoms with Gasteiger partial charge in [-0.3, -0.25) is 10.6 Å². The van der Waals surface area contributed by atoms with Crippen LogP contribution in [0.1, 0.15) is 5.56 Å². The Morgan fingerprint density at radius 3 is 2.06 bits per heavy atom. The van der Waals surface area contributed by atoms with Crippen LogP contribution in [0.15, 0.2) is 18.2 Å². The number of benzene rings is 1. The monoisotopic (exact) mass is 370 g/mol. The molecule has 1 aromatic carbocycles. The number of hydrogen-bond acceptors (Lipinski definition) is 2. The second kappa shape index (κ2) is 7.91. The van der Waals surface area contributed by atoms with E-state index < -0.39 is 12.2 Å². The summed E-state index contributed by atoms with van der Waals surface area (Å²) in [5, 5.41) is 21.3. The topological polar surface area (TPSA) is 98.7 Å². The van der Waals surface area contributed by atoms with E-state index in [-0.39, 0.29) is 45.3 Å². The molecule has 0 fully saturated rings. The van der Waals surface area contributed by atoms with Crippen LogP contribution in [0, 0.1) is 6.92 Å². The van der Waals surface area contributed by atoms with Gasteiger partial charge >= 0.3 is 12.2 Å². The summed E-state index contributed by atoms with van der Waals surface area (Å²) in [6.07, 6.45) is -2.48. The van der Waals surface area contributed by atoms with Crippen molar-refractivity contribution in [1.82, 2.24) is 0 Å². The molecule has 0 aliphatic heterocycles. The fraction of sp³-hybridized carbons (Fsp3) is 0.111. The number of carbonyl (C=O) groups is 2. The van der Waals surface area contributed by atoms with Gasteiger partial charge in [-0.2, -0.15) is 0 Å². The van der Waals surface area contributed by atoms with Crippen molar-refractivity contribution in [3.63, 3.8) is 0 Å². The summed E-state index contributed by atoms with van der Waals surface area (Å²) in [5.74, 6) is 0.